The maximum absolute atomic E-state index is 13.9. The molecular weight excluding hydrogens is 297 g/mol. The molecule has 0 bridgehead atoms. The van der Waals surface area contributed by atoms with E-state index in [-0.39, 0.29) is 17.1 Å². The third-order valence-electron chi connectivity index (χ3n) is 3.44. The van der Waals surface area contributed by atoms with Gasteiger partial charge in [-0.05, 0) is 36.4 Å². The number of nitrogens with two attached hydrogens (primary N) is 1. The minimum absolute atomic E-state index is 0.133. The van der Waals surface area contributed by atoms with Crippen LogP contribution in [0.5, 0.6) is 5.75 Å². The van der Waals surface area contributed by atoms with Crippen molar-refractivity contribution in [1.82, 2.24) is 9.97 Å². The summed E-state index contributed by atoms with van der Waals surface area (Å²) in [5, 5.41) is 0. The van der Waals surface area contributed by atoms with Crippen LogP contribution in [0.2, 0.25) is 0 Å². The molecule has 2 aromatic carbocycles. The van der Waals surface area contributed by atoms with Crippen molar-refractivity contribution < 1.29 is 13.9 Å². The first-order valence-corrected chi connectivity index (χ1v) is 6.89. The number of imidazole rings is 1. The van der Waals surface area contributed by atoms with E-state index in [4.69, 9.17) is 10.5 Å². The highest BCUT2D eigenvalue weighted by Gasteiger charge is 2.18. The number of amides is 1. The molecule has 0 saturated carbocycles. The Balaban J connectivity index is 2.13. The van der Waals surface area contributed by atoms with E-state index in [0.717, 1.165) is 0 Å². The fourth-order valence-corrected chi connectivity index (χ4v) is 2.29. The van der Waals surface area contributed by atoms with Gasteiger partial charge in [0.2, 0.25) is 0 Å². The number of nitrogens with zero attached hydrogens (tertiary/aromatic N) is 1. The van der Waals surface area contributed by atoms with Crippen molar-refractivity contribution in [1.29, 1.82) is 0 Å². The number of aromatic amines is 1. The highest BCUT2D eigenvalue weighted by Crippen LogP contribution is 2.28. The summed E-state index contributed by atoms with van der Waals surface area (Å²) < 4.78 is 19.0. The quantitative estimate of drug-likeness (QED) is 0.777. The summed E-state index contributed by atoms with van der Waals surface area (Å²) in [4.78, 5) is 18.8. The molecule has 0 aliphatic heterocycles. The lowest BCUT2D eigenvalue weighted by atomic mass is 10.1. The molecule has 0 saturated heterocycles. The van der Waals surface area contributed by atoms with Crippen LogP contribution in [-0.4, -0.2) is 23.0 Å². The van der Waals surface area contributed by atoms with Gasteiger partial charge in [-0.2, -0.15) is 0 Å². The fraction of sp³-hybridized carbons (Fsp3) is 0.0588. The van der Waals surface area contributed by atoms with E-state index in [1.807, 2.05) is 0 Å². The van der Waals surface area contributed by atoms with Gasteiger partial charge in [-0.25, -0.2) is 9.37 Å². The Morgan fingerprint density at radius 2 is 1.87 bits per heavy atom. The van der Waals surface area contributed by atoms with Gasteiger partial charge in [-0.3, -0.25) is 4.79 Å². The van der Waals surface area contributed by atoms with Crippen molar-refractivity contribution in [2.75, 3.05) is 7.11 Å². The first-order valence-electron chi connectivity index (χ1n) is 6.89. The topological polar surface area (TPSA) is 81.0 Å². The molecule has 5 nitrogen and oxygen atoms in total. The third kappa shape index (κ3) is 2.78. The van der Waals surface area contributed by atoms with Gasteiger partial charge in [0.1, 0.15) is 28.8 Å². The molecule has 3 N–H and O–H groups in total. The summed E-state index contributed by atoms with van der Waals surface area (Å²) in [5.74, 6) is -0.161. The Labute approximate surface area is 131 Å². The predicted molar refractivity (Wildman–Crippen MR) is 84.5 cm³/mol. The number of halogens is 1. The van der Waals surface area contributed by atoms with E-state index in [0.29, 0.717) is 17.0 Å². The molecule has 0 atom stereocenters. The van der Waals surface area contributed by atoms with Crippen LogP contribution in [0.3, 0.4) is 0 Å². The lowest BCUT2D eigenvalue weighted by molar-refractivity contribution is 0.0997. The van der Waals surface area contributed by atoms with Crippen molar-refractivity contribution >= 4 is 5.91 Å². The van der Waals surface area contributed by atoms with Crippen LogP contribution in [0.1, 0.15) is 10.5 Å². The summed E-state index contributed by atoms with van der Waals surface area (Å²) in [5.41, 5.74) is 6.87. The minimum atomic E-state index is -0.661. The molecule has 0 spiro atoms. The van der Waals surface area contributed by atoms with Gasteiger partial charge in [-0.15, -0.1) is 0 Å². The minimum Gasteiger partial charge on any atom is -0.497 e. The second-order valence-corrected chi connectivity index (χ2v) is 4.88. The molecule has 1 amide bonds. The van der Waals surface area contributed by atoms with Crippen molar-refractivity contribution in [3.8, 4) is 28.4 Å². The van der Waals surface area contributed by atoms with Gasteiger partial charge in [0.05, 0.1) is 12.7 Å². The summed E-state index contributed by atoms with van der Waals surface area (Å²) in [6, 6.07) is 13.2. The smallest absolute Gasteiger partial charge is 0.267 e. The highest BCUT2D eigenvalue weighted by atomic mass is 19.1. The average molecular weight is 311 g/mol. The number of carbonyl (C=O) groups excluding carboxylic acids is 1. The molecule has 23 heavy (non-hydrogen) atoms. The number of methoxy groups -OCH3 is 1. The molecule has 3 aromatic rings. The van der Waals surface area contributed by atoms with Gasteiger partial charge in [-0.1, -0.05) is 12.1 Å². The Morgan fingerprint density at radius 3 is 2.48 bits per heavy atom. The number of ether oxygens (including phenoxy) is 1. The molecule has 0 radical (unpaired) electrons. The number of hydrogen-bond acceptors (Lipinski definition) is 3. The van der Waals surface area contributed by atoms with Crippen molar-refractivity contribution in [2.45, 2.75) is 0 Å². The molecular formula is C17H14FN3O2. The zero-order valence-electron chi connectivity index (χ0n) is 12.3. The summed E-state index contributed by atoms with van der Waals surface area (Å²) in [7, 11) is 1.56. The van der Waals surface area contributed by atoms with E-state index in [2.05, 4.69) is 9.97 Å². The van der Waals surface area contributed by atoms with Crippen molar-refractivity contribution in [3.63, 3.8) is 0 Å². The van der Waals surface area contributed by atoms with Gasteiger partial charge < -0.3 is 15.5 Å². The van der Waals surface area contributed by atoms with Crippen LogP contribution in [0.15, 0.2) is 48.5 Å². The largest absolute Gasteiger partial charge is 0.497 e. The van der Waals surface area contributed by atoms with Crippen LogP contribution in [0, 0.1) is 5.82 Å². The SMILES string of the molecule is COc1ccc(-c2nc(-c3ccccc3F)[nH]c2C(N)=O)cc1. The van der Waals surface area contributed by atoms with Crippen LogP contribution in [0.25, 0.3) is 22.6 Å². The lowest BCUT2D eigenvalue weighted by Gasteiger charge is -2.02. The first kappa shape index (κ1) is 14.8. The highest BCUT2D eigenvalue weighted by molar-refractivity contribution is 5.98. The molecule has 0 aliphatic carbocycles. The zero-order valence-corrected chi connectivity index (χ0v) is 12.3. The normalized spacial score (nSPS) is 10.5. The molecule has 6 heteroatoms. The maximum Gasteiger partial charge on any atom is 0.267 e. The monoisotopic (exact) mass is 311 g/mol. The van der Waals surface area contributed by atoms with E-state index < -0.39 is 11.7 Å². The molecule has 0 unspecified atom stereocenters. The standard InChI is InChI=1S/C17H14FN3O2/c1-23-11-8-6-10(7-9-11)14-15(16(19)22)21-17(20-14)12-4-2-3-5-13(12)18/h2-9H,1H3,(H2,19,22)(H,20,21). The molecule has 0 aliphatic rings. The van der Waals surface area contributed by atoms with Crippen LogP contribution < -0.4 is 10.5 Å². The van der Waals surface area contributed by atoms with Crippen LogP contribution in [0.4, 0.5) is 4.39 Å². The number of carbonyl (C=O) groups is 1. The number of benzene rings is 2. The Hall–Kier alpha value is -3.15. The van der Waals surface area contributed by atoms with Gasteiger partial charge >= 0.3 is 0 Å². The summed E-state index contributed by atoms with van der Waals surface area (Å²) in [6.07, 6.45) is 0. The third-order valence-corrected chi connectivity index (χ3v) is 3.44. The first-order chi connectivity index (χ1) is 11.1. The molecule has 1 heterocycles. The maximum atomic E-state index is 13.9. The molecule has 116 valence electrons. The second-order valence-electron chi connectivity index (χ2n) is 4.88. The van der Waals surface area contributed by atoms with E-state index in [1.54, 1.807) is 49.6 Å². The van der Waals surface area contributed by atoms with E-state index in [9.17, 15) is 9.18 Å². The zero-order chi connectivity index (χ0) is 16.4. The number of rotatable bonds is 4. The Bertz CT molecular complexity index is 857. The molecule has 1 aromatic heterocycles. The predicted octanol–water partition coefficient (Wildman–Crippen LogP) is 2.99. The van der Waals surface area contributed by atoms with Gasteiger partial charge in [0.15, 0.2) is 0 Å². The summed E-state index contributed by atoms with van der Waals surface area (Å²) in [6.45, 7) is 0. The fourth-order valence-electron chi connectivity index (χ4n) is 2.29. The number of hydrogen-bond donors (Lipinski definition) is 2. The molecule has 0 fully saturated rings. The Kier molecular flexibility index (Phi) is 3.80. The van der Waals surface area contributed by atoms with Gasteiger partial charge in [0, 0.05) is 5.56 Å². The van der Waals surface area contributed by atoms with Gasteiger partial charge in [0.25, 0.3) is 5.91 Å². The van der Waals surface area contributed by atoms with E-state index in [1.165, 1.54) is 6.07 Å². The van der Waals surface area contributed by atoms with E-state index >= 15 is 0 Å². The number of H-pyrrole nitrogens is 1. The van der Waals surface area contributed by atoms with Crippen molar-refractivity contribution in [2.24, 2.45) is 5.73 Å². The average Bonchev–Trinajstić information content (AvgIpc) is 3.01. The van der Waals surface area contributed by atoms with Crippen molar-refractivity contribution in [3.05, 3.63) is 60.0 Å². The summed E-state index contributed by atoms with van der Waals surface area (Å²) >= 11 is 0. The lowest BCUT2D eigenvalue weighted by Crippen LogP contribution is -2.12. The molecule has 3 rings (SSSR count). The Morgan fingerprint density at radius 1 is 1.17 bits per heavy atom. The number of aromatic nitrogens is 2. The number of primary amides is 1. The van der Waals surface area contributed by atoms with Crippen LogP contribution in [-0.2, 0) is 0 Å². The van der Waals surface area contributed by atoms with Crippen LogP contribution >= 0.6 is 0 Å². The number of nitrogens with one attached hydrogen (secondary N) is 1. The second kappa shape index (κ2) is 5.92.